The number of hydrogen-bond donors (Lipinski definition) is 2. The van der Waals surface area contributed by atoms with Crippen LogP contribution < -0.4 is 10.9 Å². The van der Waals surface area contributed by atoms with Gasteiger partial charge in [0.25, 0.3) is 0 Å². The zero-order valence-electron chi connectivity index (χ0n) is 14.1. The van der Waals surface area contributed by atoms with E-state index in [1.807, 2.05) is 0 Å². The monoisotopic (exact) mass is 302 g/mol. The van der Waals surface area contributed by atoms with Crippen molar-refractivity contribution in [3.63, 3.8) is 0 Å². The molecule has 4 N–H and O–H groups in total. The molecule has 1 aliphatic carbocycles. The molecular formula is C17H27BN2S. The van der Waals surface area contributed by atoms with E-state index in [0.717, 1.165) is 19.4 Å². The summed E-state index contributed by atoms with van der Waals surface area (Å²) in [5.74, 6) is 0. The van der Waals surface area contributed by atoms with Gasteiger partial charge in [-0.3, -0.25) is 5.14 Å². The maximum absolute atomic E-state index is 6.31. The van der Waals surface area contributed by atoms with Crippen molar-refractivity contribution in [3.8, 4) is 0 Å². The first kappa shape index (κ1) is 16.5. The van der Waals surface area contributed by atoms with Gasteiger partial charge in [0.15, 0.2) is 7.28 Å². The summed E-state index contributed by atoms with van der Waals surface area (Å²) in [4.78, 5) is 1.18. The van der Waals surface area contributed by atoms with Crippen molar-refractivity contribution >= 4 is 19.2 Å². The molecule has 114 valence electrons. The van der Waals surface area contributed by atoms with Crippen molar-refractivity contribution in [2.75, 3.05) is 0 Å². The Bertz CT molecular complexity index is 581. The van der Waals surface area contributed by atoms with Crippen LogP contribution in [0.1, 0.15) is 48.0 Å². The molecule has 2 nitrogen and oxygen atoms in total. The molecule has 0 saturated carbocycles. The molecule has 1 heterocycles. The van der Waals surface area contributed by atoms with Gasteiger partial charge in [0.2, 0.25) is 0 Å². The summed E-state index contributed by atoms with van der Waals surface area (Å²) in [6, 6.07) is 0. The fourth-order valence-corrected chi connectivity index (χ4v) is 3.35. The minimum absolute atomic E-state index is 0.168. The van der Waals surface area contributed by atoms with Gasteiger partial charge in [0.05, 0.1) is 0 Å². The van der Waals surface area contributed by atoms with E-state index in [-0.39, 0.29) is 10.8 Å². The maximum Gasteiger partial charge on any atom is 0.190 e. The van der Waals surface area contributed by atoms with E-state index in [4.69, 9.17) is 10.9 Å². The molecule has 0 atom stereocenters. The fraction of sp³-hybridized carbons (Fsp3) is 0.529. The number of rotatable bonds is 2. The molecule has 2 aliphatic rings. The van der Waals surface area contributed by atoms with Crippen LogP contribution in [0.4, 0.5) is 0 Å². The first-order valence-corrected chi connectivity index (χ1v) is 8.43. The molecule has 0 unspecified atom stereocenters. The Kier molecular flexibility index (Phi) is 4.24. The molecule has 4 heteroatoms. The third-order valence-electron chi connectivity index (χ3n) is 4.43. The first-order chi connectivity index (χ1) is 9.54. The highest BCUT2D eigenvalue weighted by Gasteiger charge is 2.31. The molecular weight excluding hydrogens is 275 g/mol. The van der Waals surface area contributed by atoms with Crippen LogP contribution in [0, 0.1) is 10.8 Å². The molecule has 0 spiro atoms. The zero-order chi connectivity index (χ0) is 16.0. The second kappa shape index (κ2) is 5.40. The van der Waals surface area contributed by atoms with Gasteiger partial charge >= 0.3 is 0 Å². The minimum Gasteiger partial charge on any atom is -0.399 e. The zero-order valence-corrected chi connectivity index (χ0v) is 14.9. The molecule has 1 aliphatic heterocycles. The van der Waals surface area contributed by atoms with Gasteiger partial charge in [-0.05, 0) is 46.9 Å². The quantitative estimate of drug-likeness (QED) is 0.603. The smallest absolute Gasteiger partial charge is 0.190 e. The maximum atomic E-state index is 6.31. The molecule has 0 bridgehead atoms. The molecule has 2 rings (SSSR count). The van der Waals surface area contributed by atoms with E-state index >= 15 is 0 Å². The molecule has 21 heavy (non-hydrogen) atoms. The minimum atomic E-state index is 0.168. The van der Waals surface area contributed by atoms with E-state index in [0.29, 0.717) is 0 Å². The Morgan fingerprint density at radius 1 is 1.05 bits per heavy atom. The van der Waals surface area contributed by atoms with Crippen molar-refractivity contribution in [1.29, 1.82) is 0 Å². The van der Waals surface area contributed by atoms with E-state index in [9.17, 15) is 0 Å². The Labute approximate surface area is 134 Å². The average Bonchev–Trinajstić information content (AvgIpc) is 2.90. The Balaban J connectivity index is 2.28. The second-order valence-electron chi connectivity index (χ2n) is 8.09. The van der Waals surface area contributed by atoms with Crippen LogP contribution in [0.5, 0.6) is 0 Å². The van der Waals surface area contributed by atoms with Crippen LogP contribution in [0.15, 0.2) is 44.8 Å². The van der Waals surface area contributed by atoms with Gasteiger partial charge in [-0.25, -0.2) is 0 Å². The summed E-state index contributed by atoms with van der Waals surface area (Å²) >= 11 is 1.35. The lowest BCUT2D eigenvalue weighted by Crippen LogP contribution is -2.15. The van der Waals surface area contributed by atoms with E-state index in [1.54, 1.807) is 0 Å². The molecule has 0 fully saturated rings. The van der Waals surface area contributed by atoms with Gasteiger partial charge < -0.3 is 5.73 Å². The average molecular weight is 302 g/mol. The third-order valence-corrected chi connectivity index (χ3v) is 5.05. The highest BCUT2D eigenvalue weighted by atomic mass is 32.2. The van der Waals surface area contributed by atoms with Crippen molar-refractivity contribution in [3.05, 3.63) is 44.8 Å². The molecule has 0 aromatic rings. The van der Waals surface area contributed by atoms with Gasteiger partial charge in [-0.15, -0.1) is 0 Å². The first-order valence-electron chi connectivity index (χ1n) is 7.55. The van der Waals surface area contributed by atoms with Gasteiger partial charge in [0, 0.05) is 10.6 Å². The summed E-state index contributed by atoms with van der Waals surface area (Å²) < 4.78 is 0. The van der Waals surface area contributed by atoms with Crippen molar-refractivity contribution in [1.82, 2.24) is 0 Å². The second-order valence-corrected chi connectivity index (χ2v) is 8.76. The predicted molar refractivity (Wildman–Crippen MR) is 96.9 cm³/mol. The van der Waals surface area contributed by atoms with Crippen LogP contribution in [0.3, 0.4) is 0 Å². The lowest BCUT2D eigenvalue weighted by molar-refractivity contribution is 0.495. The van der Waals surface area contributed by atoms with Crippen LogP contribution in [-0.4, -0.2) is 7.28 Å². The summed E-state index contributed by atoms with van der Waals surface area (Å²) in [5.41, 5.74) is 13.0. The SMILES string of the molecule is CC(C)(C)C1=CC(N)=C(C2=C(SN)C=C(C(C)(C)C)C2)B1. The Hall–Kier alpha value is -0.865. The highest BCUT2D eigenvalue weighted by molar-refractivity contribution is 8.01. The summed E-state index contributed by atoms with van der Waals surface area (Å²) in [7, 11) is 0.958. The summed E-state index contributed by atoms with van der Waals surface area (Å²) in [6.07, 6.45) is 5.40. The van der Waals surface area contributed by atoms with Gasteiger partial charge in [0.1, 0.15) is 0 Å². The molecule has 0 aromatic carbocycles. The van der Waals surface area contributed by atoms with Crippen molar-refractivity contribution in [2.24, 2.45) is 21.7 Å². The molecule has 0 amide bonds. The Morgan fingerprint density at radius 3 is 2.10 bits per heavy atom. The van der Waals surface area contributed by atoms with Gasteiger partial charge in [-0.1, -0.05) is 58.1 Å². The van der Waals surface area contributed by atoms with E-state index < -0.39 is 0 Å². The van der Waals surface area contributed by atoms with Crippen molar-refractivity contribution in [2.45, 2.75) is 48.0 Å². The lowest BCUT2D eigenvalue weighted by atomic mass is 9.56. The lowest BCUT2D eigenvalue weighted by Gasteiger charge is -2.22. The number of allylic oxidation sites excluding steroid dienone is 6. The van der Waals surface area contributed by atoms with Crippen LogP contribution >= 0.6 is 11.9 Å². The largest absolute Gasteiger partial charge is 0.399 e. The number of nitrogens with two attached hydrogens (primary N) is 2. The van der Waals surface area contributed by atoms with E-state index in [1.165, 1.54) is 38.9 Å². The summed E-state index contributed by atoms with van der Waals surface area (Å²) in [6.45, 7) is 13.5. The third kappa shape index (κ3) is 3.32. The highest BCUT2D eigenvalue weighted by Crippen LogP contribution is 2.44. The van der Waals surface area contributed by atoms with Gasteiger partial charge in [-0.2, -0.15) is 0 Å². The summed E-state index contributed by atoms with van der Waals surface area (Å²) in [5, 5.41) is 5.90. The molecule has 0 aromatic heterocycles. The number of hydrogen-bond acceptors (Lipinski definition) is 3. The molecule has 0 saturated heterocycles. The Morgan fingerprint density at radius 2 is 1.67 bits per heavy atom. The normalized spacial score (nSPS) is 20.0. The van der Waals surface area contributed by atoms with Crippen LogP contribution in [0.2, 0.25) is 0 Å². The topological polar surface area (TPSA) is 52.0 Å². The standard InChI is InChI=1S/C17H27BN2S/c1-16(2,3)10-7-11(13(8-10)21-20)15-12(19)9-14(18-15)17(4,5)6/h8-9,18H,7,19-20H2,1-6H3. The molecule has 0 radical (unpaired) electrons. The predicted octanol–water partition coefficient (Wildman–Crippen LogP) is 3.77. The van der Waals surface area contributed by atoms with Crippen LogP contribution in [-0.2, 0) is 0 Å². The fourth-order valence-electron chi connectivity index (χ4n) is 2.80. The van der Waals surface area contributed by atoms with E-state index in [2.05, 4.69) is 53.7 Å². The van der Waals surface area contributed by atoms with Crippen molar-refractivity contribution < 1.29 is 0 Å². The van der Waals surface area contributed by atoms with Crippen LogP contribution in [0.25, 0.3) is 0 Å².